The van der Waals surface area contributed by atoms with Crippen molar-refractivity contribution in [3.05, 3.63) is 35.1 Å². The Hall–Kier alpha value is -1.62. The average Bonchev–Trinajstić information content (AvgIpc) is 3.20. The molecule has 0 amide bonds. The third kappa shape index (κ3) is 3.28. The molecule has 0 atom stereocenters. The van der Waals surface area contributed by atoms with Gasteiger partial charge in [-0.2, -0.15) is 0 Å². The summed E-state index contributed by atoms with van der Waals surface area (Å²) in [5.74, 6) is -0.621. The highest BCUT2D eigenvalue weighted by atomic mass is 19.1. The monoisotopic (exact) mass is 279 g/mol. The molecule has 1 fully saturated rings. The third-order valence-electron chi connectivity index (χ3n) is 4.02. The van der Waals surface area contributed by atoms with E-state index in [-0.39, 0.29) is 11.4 Å². The summed E-state index contributed by atoms with van der Waals surface area (Å²) in [6, 6.07) is 4.94. The smallest absolute Gasteiger partial charge is 0.173 e. The molecule has 0 saturated heterocycles. The molecule has 0 bridgehead atoms. The lowest BCUT2D eigenvalue weighted by Crippen LogP contribution is -2.24. The Morgan fingerprint density at radius 1 is 1.50 bits per heavy atom. The fourth-order valence-electron chi connectivity index (χ4n) is 2.65. The van der Waals surface area contributed by atoms with Gasteiger partial charge in [0.2, 0.25) is 0 Å². The maximum Gasteiger partial charge on any atom is 0.173 e. The van der Waals surface area contributed by atoms with Gasteiger partial charge in [-0.25, -0.2) is 4.39 Å². The molecule has 4 nitrogen and oxygen atoms in total. The second kappa shape index (κ2) is 6.22. The maximum atomic E-state index is 14.2. The fraction of sp³-hybridized carbons (Fsp3) is 0.533. The maximum absolute atomic E-state index is 14.2. The van der Waals surface area contributed by atoms with Gasteiger partial charge in [0.25, 0.3) is 0 Å². The van der Waals surface area contributed by atoms with Crippen LogP contribution in [0.3, 0.4) is 0 Å². The first-order valence-corrected chi connectivity index (χ1v) is 7.08. The number of oxime groups is 1. The van der Waals surface area contributed by atoms with Gasteiger partial charge in [0.05, 0.1) is 5.56 Å². The zero-order valence-electron chi connectivity index (χ0n) is 11.8. The van der Waals surface area contributed by atoms with Crippen molar-refractivity contribution in [2.45, 2.75) is 39.2 Å². The first-order valence-electron chi connectivity index (χ1n) is 7.08. The van der Waals surface area contributed by atoms with Crippen LogP contribution in [0.5, 0.6) is 0 Å². The van der Waals surface area contributed by atoms with E-state index in [1.807, 2.05) is 0 Å². The third-order valence-corrected chi connectivity index (χ3v) is 4.02. The largest absolute Gasteiger partial charge is 0.409 e. The van der Waals surface area contributed by atoms with Gasteiger partial charge >= 0.3 is 0 Å². The van der Waals surface area contributed by atoms with E-state index in [1.54, 1.807) is 12.1 Å². The van der Waals surface area contributed by atoms with Gasteiger partial charge in [0, 0.05) is 18.7 Å². The number of hydrogen-bond acceptors (Lipinski definition) is 3. The van der Waals surface area contributed by atoms with Crippen LogP contribution in [0.4, 0.5) is 4.39 Å². The summed E-state index contributed by atoms with van der Waals surface area (Å²) in [7, 11) is 0. The molecule has 5 heteroatoms. The van der Waals surface area contributed by atoms with E-state index in [1.165, 1.54) is 31.7 Å². The highest BCUT2D eigenvalue weighted by Crippen LogP contribution is 2.48. The predicted octanol–water partition coefficient (Wildman–Crippen LogP) is 2.59. The van der Waals surface area contributed by atoms with Crippen molar-refractivity contribution in [3.63, 3.8) is 0 Å². The van der Waals surface area contributed by atoms with Crippen molar-refractivity contribution >= 4 is 5.84 Å². The molecule has 1 saturated carbocycles. The Bertz CT molecular complexity index is 498. The Balaban J connectivity index is 1.97. The lowest BCUT2D eigenvalue weighted by Gasteiger charge is -2.15. The average molecular weight is 279 g/mol. The first-order chi connectivity index (χ1) is 9.62. The van der Waals surface area contributed by atoms with Crippen LogP contribution in [-0.2, 0) is 6.54 Å². The van der Waals surface area contributed by atoms with Crippen LogP contribution >= 0.6 is 0 Å². The molecule has 0 radical (unpaired) electrons. The number of hydrogen-bond donors (Lipinski definition) is 3. The van der Waals surface area contributed by atoms with E-state index in [9.17, 15) is 4.39 Å². The van der Waals surface area contributed by atoms with Gasteiger partial charge in [-0.3, -0.25) is 0 Å². The normalized spacial score (nSPS) is 17.2. The Labute approximate surface area is 118 Å². The van der Waals surface area contributed by atoms with Gasteiger partial charge in [-0.05, 0) is 30.7 Å². The van der Waals surface area contributed by atoms with E-state index in [0.29, 0.717) is 17.5 Å². The van der Waals surface area contributed by atoms with Crippen LogP contribution in [-0.4, -0.2) is 17.6 Å². The van der Waals surface area contributed by atoms with E-state index in [0.717, 1.165) is 6.54 Å². The van der Waals surface area contributed by atoms with Gasteiger partial charge in [-0.15, -0.1) is 0 Å². The van der Waals surface area contributed by atoms with Crippen LogP contribution in [0.2, 0.25) is 0 Å². The minimum absolute atomic E-state index is 0.140. The standard InChI is InChI=1S/C15H22FN3O/c1-2-6-15(7-8-15)10-18-9-11-4-3-5-12(13(11)16)14(17)19-20/h3-5,18,20H,2,6-10H2,1H3,(H2,17,19). The number of halogens is 1. The number of rotatable bonds is 7. The Morgan fingerprint density at radius 3 is 2.85 bits per heavy atom. The Kier molecular flexibility index (Phi) is 4.60. The molecule has 20 heavy (non-hydrogen) atoms. The summed E-state index contributed by atoms with van der Waals surface area (Å²) >= 11 is 0. The SMILES string of the molecule is CCCC1(CNCc2cccc(/C(N)=N/O)c2F)CC1. The molecular weight excluding hydrogens is 257 g/mol. The second-order valence-electron chi connectivity index (χ2n) is 5.62. The van der Waals surface area contributed by atoms with Crippen LogP contribution in [0.25, 0.3) is 0 Å². The van der Waals surface area contributed by atoms with Crippen LogP contribution in [0.1, 0.15) is 43.7 Å². The van der Waals surface area contributed by atoms with Crippen molar-refractivity contribution in [3.8, 4) is 0 Å². The number of amidine groups is 1. The lowest BCUT2D eigenvalue weighted by molar-refractivity contribution is 0.318. The summed E-state index contributed by atoms with van der Waals surface area (Å²) in [4.78, 5) is 0. The van der Waals surface area contributed by atoms with Crippen LogP contribution < -0.4 is 11.1 Å². The topological polar surface area (TPSA) is 70.6 Å². The van der Waals surface area contributed by atoms with Gasteiger partial charge < -0.3 is 16.3 Å². The minimum atomic E-state index is -0.421. The number of nitrogens with zero attached hydrogens (tertiary/aromatic N) is 1. The number of nitrogens with two attached hydrogens (primary N) is 1. The van der Waals surface area contributed by atoms with Crippen LogP contribution in [0.15, 0.2) is 23.4 Å². The van der Waals surface area contributed by atoms with Gasteiger partial charge in [0.15, 0.2) is 5.84 Å². The van der Waals surface area contributed by atoms with Crippen LogP contribution in [0, 0.1) is 11.2 Å². The second-order valence-corrected chi connectivity index (χ2v) is 5.62. The molecule has 0 spiro atoms. The first kappa shape index (κ1) is 14.8. The van der Waals surface area contributed by atoms with Crippen molar-refractivity contribution in [2.24, 2.45) is 16.3 Å². The number of nitrogens with one attached hydrogen (secondary N) is 1. The zero-order chi connectivity index (χ0) is 14.6. The fourth-order valence-corrected chi connectivity index (χ4v) is 2.65. The van der Waals surface area contributed by atoms with Crippen molar-refractivity contribution in [1.29, 1.82) is 0 Å². The molecule has 0 heterocycles. The predicted molar refractivity (Wildman–Crippen MR) is 77.2 cm³/mol. The molecule has 0 aromatic heterocycles. The zero-order valence-corrected chi connectivity index (χ0v) is 11.8. The summed E-state index contributed by atoms with van der Waals surface area (Å²) in [5.41, 5.74) is 6.57. The quantitative estimate of drug-likeness (QED) is 0.311. The molecule has 110 valence electrons. The molecule has 1 aromatic carbocycles. The summed E-state index contributed by atoms with van der Waals surface area (Å²) < 4.78 is 14.2. The molecule has 2 rings (SSSR count). The van der Waals surface area contributed by atoms with E-state index in [2.05, 4.69) is 17.4 Å². The molecule has 0 unspecified atom stereocenters. The van der Waals surface area contributed by atoms with Crippen molar-refractivity contribution in [2.75, 3.05) is 6.54 Å². The van der Waals surface area contributed by atoms with Gasteiger partial charge in [0.1, 0.15) is 5.82 Å². The Morgan fingerprint density at radius 2 is 2.25 bits per heavy atom. The highest BCUT2D eigenvalue weighted by Gasteiger charge is 2.40. The molecule has 1 aliphatic rings. The molecule has 1 aliphatic carbocycles. The lowest BCUT2D eigenvalue weighted by atomic mass is 10.0. The van der Waals surface area contributed by atoms with Gasteiger partial charge in [-0.1, -0.05) is 30.6 Å². The molecule has 1 aromatic rings. The highest BCUT2D eigenvalue weighted by molar-refractivity contribution is 5.97. The van der Waals surface area contributed by atoms with Crippen molar-refractivity contribution < 1.29 is 9.60 Å². The summed E-state index contributed by atoms with van der Waals surface area (Å²) in [6.07, 6.45) is 4.95. The molecular formula is C15H22FN3O. The van der Waals surface area contributed by atoms with E-state index < -0.39 is 5.82 Å². The van der Waals surface area contributed by atoms with E-state index in [4.69, 9.17) is 10.9 Å². The minimum Gasteiger partial charge on any atom is -0.409 e. The molecule has 0 aliphatic heterocycles. The molecule has 4 N–H and O–H groups in total. The summed E-state index contributed by atoms with van der Waals surface area (Å²) in [5, 5.41) is 14.8. The summed E-state index contributed by atoms with van der Waals surface area (Å²) in [6.45, 7) is 3.58. The number of benzene rings is 1. The van der Waals surface area contributed by atoms with Crippen molar-refractivity contribution in [1.82, 2.24) is 5.32 Å². The van der Waals surface area contributed by atoms with E-state index >= 15 is 0 Å².